The van der Waals surface area contributed by atoms with E-state index in [0.717, 1.165) is 23.7 Å². The molecule has 0 aromatic carbocycles. The average molecular weight is 268 g/mol. The molecule has 1 atom stereocenters. The van der Waals surface area contributed by atoms with Crippen molar-refractivity contribution in [3.8, 4) is 0 Å². The second kappa shape index (κ2) is 4.97. The third-order valence-electron chi connectivity index (χ3n) is 3.08. The molecule has 1 aliphatic heterocycles. The molecular formula is C13H20N2O2S. The van der Waals surface area contributed by atoms with E-state index in [4.69, 9.17) is 4.74 Å². The van der Waals surface area contributed by atoms with Gasteiger partial charge in [0.15, 0.2) is 0 Å². The van der Waals surface area contributed by atoms with Gasteiger partial charge >= 0.3 is 5.97 Å². The quantitative estimate of drug-likeness (QED) is 0.838. The second-order valence-corrected chi connectivity index (χ2v) is 6.65. The summed E-state index contributed by atoms with van der Waals surface area (Å²) in [6.07, 6.45) is 2.26. The predicted molar refractivity (Wildman–Crippen MR) is 72.1 cm³/mol. The Morgan fingerprint density at radius 2 is 2.22 bits per heavy atom. The number of methoxy groups -OCH3 is 1. The van der Waals surface area contributed by atoms with Crippen molar-refractivity contribution in [3.63, 3.8) is 0 Å². The number of thiazole rings is 1. The number of ether oxygens (including phenoxy) is 1. The van der Waals surface area contributed by atoms with E-state index in [-0.39, 0.29) is 11.4 Å². The highest BCUT2D eigenvalue weighted by molar-refractivity contribution is 7.13. The molecule has 1 fully saturated rings. The van der Waals surface area contributed by atoms with Crippen LogP contribution < -0.4 is 5.32 Å². The normalized spacial score (nSPS) is 20.1. The average Bonchev–Trinajstić information content (AvgIpc) is 2.94. The largest absolute Gasteiger partial charge is 0.465 e. The van der Waals surface area contributed by atoms with Crippen molar-refractivity contribution in [1.82, 2.24) is 10.3 Å². The Kier molecular flexibility index (Phi) is 3.73. The number of esters is 1. The monoisotopic (exact) mass is 268 g/mol. The van der Waals surface area contributed by atoms with Gasteiger partial charge in [-0.05, 0) is 19.4 Å². The Labute approximate surface area is 112 Å². The van der Waals surface area contributed by atoms with Gasteiger partial charge in [-0.25, -0.2) is 9.78 Å². The number of hydrogen-bond donors (Lipinski definition) is 1. The summed E-state index contributed by atoms with van der Waals surface area (Å²) in [6, 6.07) is 0.300. The number of carbonyl (C=O) groups is 1. The first-order valence-electron chi connectivity index (χ1n) is 6.26. The van der Waals surface area contributed by atoms with Gasteiger partial charge in [-0.15, -0.1) is 11.3 Å². The van der Waals surface area contributed by atoms with Crippen LogP contribution in [0.3, 0.4) is 0 Å². The van der Waals surface area contributed by atoms with Gasteiger partial charge in [0.1, 0.15) is 9.88 Å². The number of aromatic nitrogens is 1. The van der Waals surface area contributed by atoms with Gasteiger partial charge in [0.25, 0.3) is 0 Å². The lowest BCUT2D eigenvalue weighted by molar-refractivity contribution is 0.0603. The molecule has 0 radical (unpaired) electrons. The standard InChI is InChI=1S/C13H20N2O2S/c1-13(2,3)10-9(12(16)17-4)18-11(15-10)8-6-5-7-14-8/h8,14H,5-7H2,1-4H3. The van der Waals surface area contributed by atoms with Crippen LogP contribution in [-0.2, 0) is 10.2 Å². The van der Waals surface area contributed by atoms with E-state index >= 15 is 0 Å². The van der Waals surface area contributed by atoms with Crippen LogP contribution in [-0.4, -0.2) is 24.6 Å². The highest BCUT2D eigenvalue weighted by Crippen LogP contribution is 2.34. The summed E-state index contributed by atoms with van der Waals surface area (Å²) in [7, 11) is 1.42. The maximum atomic E-state index is 11.8. The summed E-state index contributed by atoms with van der Waals surface area (Å²) in [5, 5.41) is 4.43. The minimum Gasteiger partial charge on any atom is -0.465 e. The van der Waals surface area contributed by atoms with Crippen molar-refractivity contribution in [1.29, 1.82) is 0 Å². The molecule has 1 saturated heterocycles. The summed E-state index contributed by atoms with van der Waals surface area (Å²) in [5.74, 6) is -0.276. The zero-order valence-electron chi connectivity index (χ0n) is 11.4. The van der Waals surface area contributed by atoms with Crippen LogP contribution in [0.1, 0.15) is 60.0 Å². The van der Waals surface area contributed by atoms with Crippen molar-refractivity contribution >= 4 is 17.3 Å². The van der Waals surface area contributed by atoms with Gasteiger partial charge in [0.05, 0.1) is 18.8 Å². The molecule has 1 N–H and O–H groups in total. The Morgan fingerprint density at radius 1 is 1.50 bits per heavy atom. The first-order chi connectivity index (χ1) is 8.43. The van der Waals surface area contributed by atoms with Crippen molar-refractivity contribution in [2.24, 2.45) is 0 Å². The van der Waals surface area contributed by atoms with E-state index in [1.54, 1.807) is 0 Å². The number of carbonyl (C=O) groups excluding carboxylic acids is 1. The van der Waals surface area contributed by atoms with Crippen molar-refractivity contribution in [2.75, 3.05) is 13.7 Å². The van der Waals surface area contributed by atoms with E-state index in [1.165, 1.54) is 24.9 Å². The van der Waals surface area contributed by atoms with Gasteiger partial charge in [-0.3, -0.25) is 0 Å². The maximum absolute atomic E-state index is 11.8. The molecule has 0 spiro atoms. The van der Waals surface area contributed by atoms with Gasteiger partial charge in [0.2, 0.25) is 0 Å². The van der Waals surface area contributed by atoms with Gasteiger partial charge in [0, 0.05) is 5.41 Å². The molecule has 1 unspecified atom stereocenters. The molecule has 0 aliphatic carbocycles. The molecule has 4 nitrogen and oxygen atoms in total. The topological polar surface area (TPSA) is 51.2 Å². The molecule has 1 aromatic heterocycles. The Balaban J connectivity index is 2.40. The van der Waals surface area contributed by atoms with Crippen molar-refractivity contribution in [2.45, 2.75) is 45.1 Å². The number of nitrogens with one attached hydrogen (secondary N) is 1. The molecule has 1 aromatic rings. The van der Waals surface area contributed by atoms with E-state index in [1.807, 2.05) is 0 Å². The molecule has 2 rings (SSSR count). The maximum Gasteiger partial charge on any atom is 0.350 e. The summed E-state index contributed by atoms with van der Waals surface area (Å²) in [6.45, 7) is 7.24. The third kappa shape index (κ3) is 2.57. The Hall–Kier alpha value is -0.940. The zero-order valence-corrected chi connectivity index (χ0v) is 12.2. The summed E-state index contributed by atoms with van der Waals surface area (Å²) >= 11 is 1.47. The van der Waals surface area contributed by atoms with E-state index in [2.05, 4.69) is 31.1 Å². The number of nitrogens with zero attached hydrogens (tertiary/aromatic N) is 1. The first kappa shape index (κ1) is 13.5. The molecule has 1 aliphatic rings. The highest BCUT2D eigenvalue weighted by atomic mass is 32.1. The van der Waals surface area contributed by atoms with Crippen LogP contribution in [0.5, 0.6) is 0 Å². The van der Waals surface area contributed by atoms with Gasteiger partial charge < -0.3 is 10.1 Å². The molecule has 0 bridgehead atoms. The summed E-state index contributed by atoms with van der Waals surface area (Å²) in [5.41, 5.74) is 0.708. The van der Waals surface area contributed by atoms with Gasteiger partial charge in [-0.2, -0.15) is 0 Å². The molecule has 100 valence electrons. The van der Waals surface area contributed by atoms with Crippen molar-refractivity contribution in [3.05, 3.63) is 15.6 Å². The minimum absolute atomic E-state index is 0.142. The van der Waals surface area contributed by atoms with Crippen LogP contribution in [0.15, 0.2) is 0 Å². The SMILES string of the molecule is COC(=O)c1sc(C2CCCN2)nc1C(C)(C)C. The predicted octanol–water partition coefficient (Wildman–Crippen LogP) is 2.65. The molecule has 5 heteroatoms. The van der Waals surface area contributed by atoms with Crippen LogP contribution in [0.2, 0.25) is 0 Å². The Bertz CT molecular complexity index is 442. The van der Waals surface area contributed by atoms with E-state index in [0.29, 0.717) is 10.9 Å². The lowest BCUT2D eigenvalue weighted by atomic mass is 9.91. The van der Waals surface area contributed by atoms with E-state index in [9.17, 15) is 4.79 Å². The second-order valence-electron chi connectivity index (χ2n) is 5.62. The highest BCUT2D eigenvalue weighted by Gasteiger charge is 2.30. The molecule has 0 saturated carbocycles. The zero-order chi connectivity index (χ0) is 13.3. The van der Waals surface area contributed by atoms with Gasteiger partial charge in [-0.1, -0.05) is 20.8 Å². The fraction of sp³-hybridized carbons (Fsp3) is 0.692. The smallest absolute Gasteiger partial charge is 0.350 e. The lowest BCUT2D eigenvalue weighted by Crippen LogP contribution is -2.17. The van der Waals surface area contributed by atoms with Crippen LogP contribution in [0.25, 0.3) is 0 Å². The van der Waals surface area contributed by atoms with Crippen LogP contribution in [0.4, 0.5) is 0 Å². The van der Waals surface area contributed by atoms with E-state index < -0.39 is 0 Å². The molecular weight excluding hydrogens is 248 g/mol. The number of hydrogen-bond acceptors (Lipinski definition) is 5. The van der Waals surface area contributed by atoms with Crippen LogP contribution in [0, 0.1) is 0 Å². The summed E-state index contributed by atoms with van der Waals surface area (Å²) < 4.78 is 4.86. The van der Waals surface area contributed by atoms with Crippen molar-refractivity contribution < 1.29 is 9.53 Å². The minimum atomic E-state index is -0.276. The van der Waals surface area contributed by atoms with Crippen LogP contribution >= 0.6 is 11.3 Å². The number of rotatable bonds is 2. The third-order valence-corrected chi connectivity index (χ3v) is 4.23. The fourth-order valence-electron chi connectivity index (χ4n) is 2.12. The Morgan fingerprint density at radius 3 is 2.72 bits per heavy atom. The fourth-order valence-corrected chi connectivity index (χ4v) is 3.43. The first-order valence-corrected chi connectivity index (χ1v) is 7.08. The molecule has 0 amide bonds. The summed E-state index contributed by atoms with van der Waals surface area (Å²) in [4.78, 5) is 17.2. The lowest BCUT2D eigenvalue weighted by Gasteiger charge is -2.16. The molecule has 18 heavy (non-hydrogen) atoms. The molecule has 2 heterocycles.